The van der Waals surface area contributed by atoms with Crippen molar-refractivity contribution in [2.24, 2.45) is 34.5 Å². The first kappa shape index (κ1) is 18.1. The number of carbonyl (C=O) groups is 2. The van der Waals surface area contributed by atoms with Crippen LogP contribution in [0, 0.1) is 34.5 Å². The van der Waals surface area contributed by atoms with Crippen LogP contribution in [0.15, 0.2) is 11.6 Å². The van der Waals surface area contributed by atoms with Gasteiger partial charge in [-0.25, -0.2) is 4.79 Å². The van der Waals surface area contributed by atoms with Gasteiger partial charge in [-0.1, -0.05) is 19.4 Å². The molecular formula is C22H33NO3. The van der Waals surface area contributed by atoms with Crippen LogP contribution in [-0.4, -0.2) is 23.0 Å². The molecule has 3 fully saturated rings. The van der Waals surface area contributed by atoms with Crippen LogP contribution < -0.4 is 5.32 Å². The van der Waals surface area contributed by atoms with Crippen molar-refractivity contribution >= 4 is 11.9 Å². The van der Waals surface area contributed by atoms with Gasteiger partial charge in [-0.15, -0.1) is 0 Å². The van der Waals surface area contributed by atoms with Crippen LogP contribution in [0.3, 0.4) is 0 Å². The lowest BCUT2D eigenvalue weighted by Gasteiger charge is -2.58. The molecular weight excluding hydrogens is 326 g/mol. The number of amides is 1. The van der Waals surface area contributed by atoms with Crippen molar-refractivity contribution in [2.75, 3.05) is 0 Å². The van der Waals surface area contributed by atoms with Crippen LogP contribution >= 0.6 is 0 Å². The number of rotatable bonds is 2. The Bertz CT molecular complexity index is 656. The number of allylic oxidation sites excluding steroid dienone is 1. The second-order valence-corrected chi connectivity index (χ2v) is 9.94. The van der Waals surface area contributed by atoms with Gasteiger partial charge in [0.05, 0.1) is 0 Å². The van der Waals surface area contributed by atoms with Gasteiger partial charge in [0, 0.05) is 12.5 Å². The van der Waals surface area contributed by atoms with Gasteiger partial charge in [0.2, 0.25) is 0 Å². The van der Waals surface area contributed by atoms with E-state index in [1.54, 1.807) is 0 Å². The Hall–Kier alpha value is -1.32. The van der Waals surface area contributed by atoms with Crippen LogP contribution in [0.25, 0.3) is 0 Å². The Morgan fingerprint density at radius 3 is 2.65 bits per heavy atom. The summed E-state index contributed by atoms with van der Waals surface area (Å²) >= 11 is 0. The minimum absolute atomic E-state index is 0.0287. The monoisotopic (exact) mass is 359 g/mol. The Morgan fingerprint density at radius 2 is 1.92 bits per heavy atom. The molecule has 4 aliphatic carbocycles. The van der Waals surface area contributed by atoms with E-state index in [2.05, 4.69) is 19.2 Å². The highest BCUT2D eigenvalue weighted by Gasteiger charge is 2.59. The highest BCUT2D eigenvalue weighted by molar-refractivity contribution is 5.91. The third-order valence-electron chi connectivity index (χ3n) is 8.99. The van der Waals surface area contributed by atoms with Crippen LogP contribution in [0.1, 0.15) is 72.1 Å². The lowest BCUT2D eigenvalue weighted by atomic mass is 9.46. The van der Waals surface area contributed by atoms with E-state index in [-0.39, 0.29) is 16.9 Å². The quantitative estimate of drug-likeness (QED) is 0.745. The van der Waals surface area contributed by atoms with Crippen LogP contribution in [0.5, 0.6) is 0 Å². The predicted molar refractivity (Wildman–Crippen MR) is 101 cm³/mol. The van der Waals surface area contributed by atoms with Gasteiger partial charge in [-0.05, 0) is 92.4 Å². The molecule has 4 aliphatic rings. The number of carbonyl (C=O) groups excluding carboxylic acids is 1. The molecule has 3 saturated carbocycles. The second kappa shape index (κ2) is 6.10. The summed E-state index contributed by atoms with van der Waals surface area (Å²) in [7, 11) is 0. The van der Waals surface area contributed by atoms with Crippen molar-refractivity contribution in [3.05, 3.63) is 11.6 Å². The molecule has 0 bridgehead atoms. The predicted octanol–water partition coefficient (Wildman–Crippen LogP) is 4.79. The third-order valence-corrected chi connectivity index (χ3v) is 8.99. The SMILES string of the molecule is CC(NC(=O)O)[C@H]1CCC2C3CCC4=CC(=O)CC[C@]4(C)C3CC[C@@]21C. The second-order valence-electron chi connectivity index (χ2n) is 9.94. The maximum atomic E-state index is 11.9. The maximum absolute atomic E-state index is 11.9. The van der Waals surface area contributed by atoms with Crippen molar-refractivity contribution in [3.8, 4) is 0 Å². The minimum atomic E-state index is -0.898. The van der Waals surface area contributed by atoms with E-state index in [0.717, 1.165) is 25.2 Å². The van der Waals surface area contributed by atoms with E-state index in [0.29, 0.717) is 30.0 Å². The summed E-state index contributed by atoms with van der Waals surface area (Å²) in [5.74, 6) is 2.93. The first-order chi connectivity index (χ1) is 12.3. The van der Waals surface area contributed by atoms with Crippen LogP contribution in [0.2, 0.25) is 0 Å². The molecule has 0 aliphatic heterocycles. The summed E-state index contributed by atoms with van der Waals surface area (Å²) in [6.07, 6.45) is 9.94. The van der Waals surface area contributed by atoms with E-state index in [4.69, 9.17) is 5.11 Å². The fourth-order valence-corrected chi connectivity index (χ4v) is 7.72. The van der Waals surface area contributed by atoms with Crippen molar-refractivity contribution in [1.29, 1.82) is 0 Å². The minimum Gasteiger partial charge on any atom is -0.465 e. The first-order valence-corrected chi connectivity index (χ1v) is 10.5. The zero-order valence-corrected chi connectivity index (χ0v) is 16.4. The molecule has 0 spiro atoms. The molecule has 0 aromatic heterocycles. The van der Waals surface area contributed by atoms with E-state index in [9.17, 15) is 9.59 Å². The van der Waals surface area contributed by atoms with E-state index in [1.807, 2.05) is 13.0 Å². The highest BCUT2D eigenvalue weighted by atomic mass is 16.4. The van der Waals surface area contributed by atoms with Crippen LogP contribution in [-0.2, 0) is 4.79 Å². The first-order valence-electron chi connectivity index (χ1n) is 10.5. The number of fused-ring (bicyclic) bond motifs is 5. The molecule has 0 aromatic rings. The molecule has 4 heteroatoms. The summed E-state index contributed by atoms with van der Waals surface area (Å²) in [4.78, 5) is 23.1. The molecule has 4 nitrogen and oxygen atoms in total. The zero-order chi connectivity index (χ0) is 18.7. The van der Waals surface area contributed by atoms with E-state index in [1.165, 1.54) is 31.3 Å². The van der Waals surface area contributed by atoms with Crippen LogP contribution in [0.4, 0.5) is 4.79 Å². The molecule has 0 heterocycles. The lowest BCUT2D eigenvalue weighted by Crippen LogP contribution is -2.52. The van der Waals surface area contributed by atoms with Crippen molar-refractivity contribution < 1.29 is 14.7 Å². The summed E-state index contributed by atoms with van der Waals surface area (Å²) in [5, 5.41) is 11.9. The molecule has 0 aromatic carbocycles. The lowest BCUT2D eigenvalue weighted by molar-refractivity contribution is -0.117. The van der Waals surface area contributed by atoms with Crippen molar-refractivity contribution in [3.63, 3.8) is 0 Å². The molecule has 26 heavy (non-hydrogen) atoms. The molecule has 144 valence electrons. The molecule has 7 atom stereocenters. The average molecular weight is 360 g/mol. The Kier molecular flexibility index (Phi) is 4.24. The Morgan fingerprint density at radius 1 is 1.15 bits per heavy atom. The number of carboxylic acid groups (broad SMARTS) is 1. The molecule has 4 rings (SSSR count). The average Bonchev–Trinajstić information content (AvgIpc) is 2.92. The molecule has 4 unspecified atom stereocenters. The van der Waals surface area contributed by atoms with Crippen molar-refractivity contribution in [2.45, 2.75) is 78.2 Å². The van der Waals surface area contributed by atoms with Gasteiger partial charge < -0.3 is 10.4 Å². The molecule has 0 radical (unpaired) electrons. The summed E-state index contributed by atoms with van der Waals surface area (Å²) in [5.41, 5.74) is 1.90. The summed E-state index contributed by atoms with van der Waals surface area (Å²) in [6.45, 7) is 6.91. The topological polar surface area (TPSA) is 66.4 Å². The van der Waals surface area contributed by atoms with Gasteiger partial charge >= 0.3 is 6.09 Å². The fraction of sp³-hybridized carbons (Fsp3) is 0.818. The number of hydrogen-bond acceptors (Lipinski definition) is 2. The van der Waals surface area contributed by atoms with Gasteiger partial charge in [-0.2, -0.15) is 0 Å². The molecule has 1 amide bonds. The molecule has 2 N–H and O–H groups in total. The van der Waals surface area contributed by atoms with Gasteiger partial charge in [0.1, 0.15) is 0 Å². The summed E-state index contributed by atoms with van der Waals surface area (Å²) < 4.78 is 0. The standard InChI is InChI=1S/C22H33NO3/c1-13(23-20(25)26)17-6-7-18-16-5-4-14-12-15(24)8-10-21(14,2)19(16)9-11-22(17,18)3/h12-13,16-19,23H,4-11H2,1-3H3,(H,25,26)/t13?,16?,17-,18?,19?,21+,22-/m1/s1. The normalized spacial score (nSPS) is 45.8. The zero-order valence-electron chi connectivity index (χ0n) is 16.4. The maximum Gasteiger partial charge on any atom is 0.404 e. The molecule has 0 saturated heterocycles. The number of nitrogens with one attached hydrogen (secondary N) is 1. The number of hydrogen-bond donors (Lipinski definition) is 2. The Labute approximate surface area is 156 Å². The largest absolute Gasteiger partial charge is 0.465 e. The van der Waals surface area contributed by atoms with Gasteiger partial charge in [-0.3, -0.25) is 4.79 Å². The van der Waals surface area contributed by atoms with E-state index >= 15 is 0 Å². The van der Waals surface area contributed by atoms with Gasteiger partial charge in [0.15, 0.2) is 5.78 Å². The smallest absolute Gasteiger partial charge is 0.404 e. The van der Waals surface area contributed by atoms with Gasteiger partial charge in [0.25, 0.3) is 0 Å². The van der Waals surface area contributed by atoms with E-state index < -0.39 is 6.09 Å². The highest BCUT2D eigenvalue weighted by Crippen LogP contribution is 2.66. The number of ketones is 1. The summed E-state index contributed by atoms with van der Waals surface area (Å²) in [6, 6.07) is 0.0287. The fourth-order valence-electron chi connectivity index (χ4n) is 7.72. The van der Waals surface area contributed by atoms with Crippen molar-refractivity contribution in [1.82, 2.24) is 5.32 Å². The Balaban J connectivity index is 1.59. The third kappa shape index (κ3) is 2.55.